The SMILES string of the molecule is COc1cc2c(cc1OC)CN(C1OC(=O)c3c1ccc(OC)c3OC)CC2. The van der Waals surface area contributed by atoms with E-state index >= 15 is 0 Å². The Bertz CT molecular complexity index is 926. The van der Waals surface area contributed by atoms with E-state index in [9.17, 15) is 4.79 Å². The summed E-state index contributed by atoms with van der Waals surface area (Å²) in [5.41, 5.74) is 3.58. The van der Waals surface area contributed by atoms with Crippen LogP contribution in [0.5, 0.6) is 23.0 Å². The first-order valence-electron chi connectivity index (χ1n) is 9.05. The second kappa shape index (κ2) is 7.24. The molecule has 7 heteroatoms. The zero-order chi connectivity index (χ0) is 19.8. The number of carbonyl (C=O) groups excluding carboxylic acids is 1. The lowest BCUT2D eigenvalue weighted by molar-refractivity contribution is -0.0291. The first-order valence-corrected chi connectivity index (χ1v) is 9.05. The first kappa shape index (κ1) is 18.4. The van der Waals surface area contributed by atoms with Crippen LogP contribution < -0.4 is 18.9 Å². The maximum atomic E-state index is 12.6. The van der Waals surface area contributed by atoms with Crippen LogP contribution in [0.2, 0.25) is 0 Å². The van der Waals surface area contributed by atoms with Gasteiger partial charge >= 0.3 is 5.97 Å². The Morgan fingerprint density at radius 3 is 2.25 bits per heavy atom. The average molecular weight is 385 g/mol. The Morgan fingerprint density at radius 2 is 1.61 bits per heavy atom. The number of hydrogen-bond donors (Lipinski definition) is 0. The number of esters is 1. The molecule has 2 aromatic rings. The van der Waals surface area contributed by atoms with Crippen LogP contribution in [-0.2, 0) is 17.7 Å². The first-order chi connectivity index (χ1) is 13.6. The van der Waals surface area contributed by atoms with E-state index in [-0.39, 0.29) is 0 Å². The maximum Gasteiger partial charge on any atom is 0.344 e. The molecule has 0 fully saturated rings. The van der Waals surface area contributed by atoms with Gasteiger partial charge in [0.25, 0.3) is 0 Å². The predicted octanol–water partition coefficient (Wildman–Crippen LogP) is 2.95. The van der Waals surface area contributed by atoms with Gasteiger partial charge in [-0.25, -0.2) is 4.79 Å². The van der Waals surface area contributed by atoms with Crippen LogP contribution >= 0.6 is 0 Å². The van der Waals surface area contributed by atoms with E-state index in [4.69, 9.17) is 23.7 Å². The molecule has 0 bridgehead atoms. The molecule has 0 N–H and O–H groups in total. The quantitative estimate of drug-likeness (QED) is 0.733. The molecule has 0 aromatic heterocycles. The van der Waals surface area contributed by atoms with Crippen LogP contribution in [0.4, 0.5) is 0 Å². The number of methoxy groups -OCH3 is 4. The summed E-state index contributed by atoms with van der Waals surface area (Å²) in [7, 11) is 6.33. The molecule has 1 unspecified atom stereocenters. The van der Waals surface area contributed by atoms with E-state index in [2.05, 4.69) is 4.90 Å². The minimum atomic E-state index is -0.455. The van der Waals surface area contributed by atoms with Crippen molar-refractivity contribution in [2.24, 2.45) is 0 Å². The lowest BCUT2D eigenvalue weighted by atomic mass is 9.97. The van der Waals surface area contributed by atoms with Crippen LogP contribution in [0, 0.1) is 0 Å². The van der Waals surface area contributed by atoms with E-state index in [0.717, 1.165) is 29.8 Å². The molecule has 0 radical (unpaired) electrons. The Labute approximate surface area is 163 Å². The summed E-state index contributed by atoms with van der Waals surface area (Å²) in [6.07, 6.45) is 0.371. The van der Waals surface area contributed by atoms with E-state index in [1.807, 2.05) is 18.2 Å². The van der Waals surface area contributed by atoms with Gasteiger partial charge in [-0.1, -0.05) is 0 Å². The third kappa shape index (κ3) is 2.82. The lowest BCUT2D eigenvalue weighted by Gasteiger charge is -2.33. The second-order valence-electron chi connectivity index (χ2n) is 6.72. The molecule has 0 saturated carbocycles. The molecule has 2 heterocycles. The molecule has 148 valence electrons. The van der Waals surface area contributed by atoms with Gasteiger partial charge in [-0.3, -0.25) is 4.90 Å². The third-order valence-electron chi connectivity index (χ3n) is 5.35. The topological polar surface area (TPSA) is 66.5 Å². The summed E-state index contributed by atoms with van der Waals surface area (Å²) in [5.74, 6) is 1.95. The van der Waals surface area contributed by atoms with Crippen LogP contribution in [0.3, 0.4) is 0 Å². The molecule has 0 spiro atoms. The van der Waals surface area contributed by atoms with Crippen molar-refractivity contribution >= 4 is 5.97 Å². The number of cyclic esters (lactones) is 1. The molecular weight excluding hydrogens is 362 g/mol. The average Bonchev–Trinajstić information content (AvgIpc) is 3.08. The van der Waals surface area contributed by atoms with Gasteiger partial charge in [0.1, 0.15) is 5.56 Å². The molecule has 2 aliphatic heterocycles. The minimum Gasteiger partial charge on any atom is -0.493 e. The number of carbonyl (C=O) groups is 1. The van der Waals surface area contributed by atoms with Crippen molar-refractivity contribution in [2.45, 2.75) is 19.2 Å². The maximum absolute atomic E-state index is 12.6. The molecule has 28 heavy (non-hydrogen) atoms. The van der Waals surface area contributed by atoms with Gasteiger partial charge < -0.3 is 23.7 Å². The highest BCUT2D eigenvalue weighted by molar-refractivity contribution is 5.98. The largest absolute Gasteiger partial charge is 0.493 e. The molecule has 0 saturated heterocycles. The fourth-order valence-corrected chi connectivity index (χ4v) is 3.96. The van der Waals surface area contributed by atoms with Gasteiger partial charge in [0.05, 0.1) is 28.4 Å². The molecule has 7 nitrogen and oxygen atoms in total. The number of ether oxygens (including phenoxy) is 5. The Hall–Kier alpha value is -2.93. The van der Waals surface area contributed by atoms with Crippen molar-refractivity contribution in [3.05, 3.63) is 46.5 Å². The molecule has 2 aliphatic rings. The number of fused-ring (bicyclic) bond motifs is 2. The zero-order valence-corrected chi connectivity index (χ0v) is 16.4. The van der Waals surface area contributed by atoms with E-state index in [0.29, 0.717) is 29.4 Å². The summed E-state index contributed by atoms with van der Waals surface area (Å²) in [6.45, 7) is 1.40. The smallest absolute Gasteiger partial charge is 0.344 e. The van der Waals surface area contributed by atoms with Crippen molar-refractivity contribution < 1.29 is 28.5 Å². The Kier molecular flexibility index (Phi) is 4.77. The van der Waals surface area contributed by atoms with Crippen molar-refractivity contribution in [1.29, 1.82) is 0 Å². The Balaban J connectivity index is 1.67. The van der Waals surface area contributed by atoms with Gasteiger partial charge in [-0.05, 0) is 41.8 Å². The highest BCUT2D eigenvalue weighted by Gasteiger charge is 2.40. The number of nitrogens with zero attached hydrogens (tertiary/aromatic N) is 1. The predicted molar refractivity (Wildman–Crippen MR) is 101 cm³/mol. The molecule has 1 atom stereocenters. The van der Waals surface area contributed by atoms with Crippen LogP contribution in [-0.4, -0.2) is 45.9 Å². The molecule has 2 aromatic carbocycles. The highest BCUT2D eigenvalue weighted by atomic mass is 16.6. The van der Waals surface area contributed by atoms with E-state index in [1.165, 1.54) is 12.7 Å². The van der Waals surface area contributed by atoms with Gasteiger partial charge in [0, 0.05) is 18.7 Å². The van der Waals surface area contributed by atoms with E-state index in [1.54, 1.807) is 27.4 Å². The van der Waals surface area contributed by atoms with Gasteiger partial charge in [0.15, 0.2) is 29.2 Å². The molecule has 0 aliphatic carbocycles. The molecule has 4 rings (SSSR count). The monoisotopic (exact) mass is 385 g/mol. The third-order valence-corrected chi connectivity index (χ3v) is 5.35. The summed E-state index contributed by atoms with van der Waals surface area (Å²) >= 11 is 0. The highest BCUT2D eigenvalue weighted by Crippen LogP contribution is 2.44. The number of rotatable bonds is 5. The van der Waals surface area contributed by atoms with Crippen LogP contribution in [0.15, 0.2) is 24.3 Å². The van der Waals surface area contributed by atoms with Crippen LogP contribution in [0.1, 0.15) is 33.3 Å². The normalized spacial score (nSPS) is 18.1. The van der Waals surface area contributed by atoms with Crippen molar-refractivity contribution in [3.8, 4) is 23.0 Å². The fraction of sp³-hybridized carbons (Fsp3) is 0.381. The lowest BCUT2D eigenvalue weighted by Crippen LogP contribution is -2.34. The van der Waals surface area contributed by atoms with Crippen molar-refractivity contribution in [1.82, 2.24) is 4.90 Å². The summed E-state index contributed by atoms with van der Waals surface area (Å²) in [4.78, 5) is 14.7. The summed E-state index contributed by atoms with van der Waals surface area (Å²) < 4.78 is 27.3. The van der Waals surface area contributed by atoms with Gasteiger partial charge in [0.2, 0.25) is 0 Å². The number of benzene rings is 2. The number of hydrogen-bond acceptors (Lipinski definition) is 7. The fourth-order valence-electron chi connectivity index (χ4n) is 3.96. The zero-order valence-electron chi connectivity index (χ0n) is 16.4. The van der Waals surface area contributed by atoms with Crippen molar-refractivity contribution in [3.63, 3.8) is 0 Å². The minimum absolute atomic E-state index is 0.395. The Morgan fingerprint density at radius 1 is 0.929 bits per heavy atom. The molecule has 0 amide bonds. The summed E-state index contributed by atoms with van der Waals surface area (Å²) in [5, 5.41) is 0. The molecular formula is C21H23NO6. The van der Waals surface area contributed by atoms with Crippen molar-refractivity contribution in [2.75, 3.05) is 35.0 Å². The van der Waals surface area contributed by atoms with E-state index < -0.39 is 12.2 Å². The second-order valence-corrected chi connectivity index (χ2v) is 6.72. The standard InChI is InChI=1S/C21H23NO6/c1-24-15-6-5-14-18(19(15)27-4)21(23)28-20(14)22-8-7-12-9-16(25-2)17(26-3)10-13(12)11-22/h5-6,9-10,20H,7-8,11H2,1-4H3. The van der Waals surface area contributed by atoms with Gasteiger partial charge in [-0.15, -0.1) is 0 Å². The van der Waals surface area contributed by atoms with Crippen LogP contribution in [0.25, 0.3) is 0 Å². The summed E-state index contributed by atoms with van der Waals surface area (Å²) in [6, 6.07) is 7.69. The van der Waals surface area contributed by atoms with Gasteiger partial charge in [-0.2, -0.15) is 0 Å².